The summed E-state index contributed by atoms with van der Waals surface area (Å²) in [5.41, 5.74) is 0.340. The van der Waals surface area contributed by atoms with E-state index in [0.717, 1.165) is 32.6 Å². The van der Waals surface area contributed by atoms with Crippen molar-refractivity contribution in [3.05, 3.63) is 18.0 Å². The van der Waals surface area contributed by atoms with Crippen LogP contribution >= 0.6 is 0 Å². The van der Waals surface area contributed by atoms with E-state index in [9.17, 15) is 13.2 Å². The van der Waals surface area contributed by atoms with Crippen molar-refractivity contribution in [2.24, 2.45) is 7.05 Å². The van der Waals surface area contributed by atoms with E-state index in [0.29, 0.717) is 24.8 Å². The smallest absolute Gasteiger partial charge is 0.267 e. The molecule has 2 saturated heterocycles. The average Bonchev–Trinajstić information content (AvgIpc) is 3.24. The molecule has 0 bridgehead atoms. The summed E-state index contributed by atoms with van der Waals surface area (Å²) >= 11 is 0. The molecule has 134 valence electrons. The van der Waals surface area contributed by atoms with Crippen LogP contribution in [0.1, 0.15) is 16.9 Å². The number of amides is 1. The van der Waals surface area contributed by atoms with E-state index >= 15 is 0 Å². The van der Waals surface area contributed by atoms with Gasteiger partial charge in [0.15, 0.2) is 0 Å². The molecule has 8 nitrogen and oxygen atoms in total. The Morgan fingerprint density at radius 3 is 2.58 bits per heavy atom. The lowest BCUT2D eigenvalue weighted by Crippen LogP contribution is -2.52. The summed E-state index contributed by atoms with van der Waals surface area (Å²) in [5.74, 6) is -0.294. The van der Waals surface area contributed by atoms with Gasteiger partial charge >= 0.3 is 0 Å². The first-order chi connectivity index (χ1) is 11.4. The molecule has 1 amide bonds. The van der Waals surface area contributed by atoms with Gasteiger partial charge in [-0.05, 0) is 19.0 Å². The minimum absolute atomic E-state index is 0.180. The molecule has 9 heteroatoms. The third kappa shape index (κ3) is 3.21. The predicted octanol–water partition coefficient (Wildman–Crippen LogP) is -0.947. The molecule has 0 spiro atoms. The van der Waals surface area contributed by atoms with Crippen molar-refractivity contribution in [2.75, 3.05) is 46.3 Å². The van der Waals surface area contributed by atoms with Gasteiger partial charge in [-0.3, -0.25) is 9.69 Å². The SMILES string of the molecule is CNC(=O)c1cc(S(=O)(=O)N2CCN(C3CCNC3)CC2)cn1C. The van der Waals surface area contributed by atoms with Crippen LogP contribution in [0.15, 0.2) is 17.2 Å². The van der Waals surface area contributed by atoms with Gasteiger partial charge in [-0.2, -0.15) is 4.31 Å². The highest BCUT2D eigenvalue weighted by atomic mass is 32.2. The summed E-state index contributed by atoms with van der Waals surface area (Å²) in [6.07, 6.45) is 2.63. The van der Waals surface area contributed by atoms with E-state index in [1.807, 2.05) is 0 Å². The maximum absolute atomic E-state index is 12.8. The Balaban J connectivity index is 1.71. The lowest BCUT2D eigenvalue weighted by atomic mass is 10.2. The van der Waals surface area contributed by atoms with Crippen LogP contribution in [-0.2, 0) is 17.1 Å². The summed E-state index contributed by atoms with van der Waals surface area (Å²) in [4.78, 5) is 14.3. The fraction of sp³-hybridized carbons (Fsp3) is 0.667. The molecule has 1 aromatic rings. The van der Waals surface area contributed by atoms with Gasteiger partial charge in [0.05, 0.1) is 0 Å². The van der Waals surface area contributed by atoms with Gasteiger partial charge in [-0.25, -0.2) is 8.42 Å². The lowest BCUT2D eigenvalue weighted by Gasteiger charge is -2.36. The Hall–Kier alpha value is -1.42. The Labute approximate surface area is 142 Å². The number of nitrogens with one attached hydrogen (secondary N) is 2. The molecule has 3 rings (SSSR count). The summed E-state index contributed by atoms with van der Waals surface area (Å²) in [6, 6.07) is 1.97. The van der Waals surface area contributed by atoms with Crippen molar-refractivity contribution in [1.82, 2.24) is 24.4 Å². The summed E-state index contributed by atoms with van der Waals surface area (Å²) in [6.45, 7) is 4.50. The Bertz CT molecular complexity index is 701. The molecule has 2 aliphatic rings. The molecule has 0 saturated carbocycles. The second kappa shape index (κ2) is 6.83. The number of carbonyl (C=O) groups is 1. The second-order valence-corrected chi connectivity index (χ2v) is 8.28. The first kappa shape index (κ1) is 17.4. The molecule has 0 aromatic carbocycles. The highest BCUT2D eigenvalue weighted by molar-refractivity contribution is 7.89. The molecule has 1 aromatic heterocycles. The van der Waals surface area contributed by atoms with E-state index in [-0.39, 0.29) is 10.8 Å². The predicted molar refractivity (Wildman–Crippen MR) is 90.4 cm³/mol. The topological polar surface area (TPSA) is 86.7 Å². The largest absolute Gasteiger partial charge is 0.354 e. The number of aryl methyl sites for hydroxylation is 1. The Morgan fingerprint density at radius 2 is 2.00 bits per heavy atom. The van der Waals surface area contributed by atoms with Crippen LogP contribution < -0.4 is 10.6 Å². The molecule has 3 heterocycles. The number of piperazine rings is 1. The molecule has 1 unspecified atom stereocenters. The van der Waals surface area contributed by atoms with Gasteiger partial charge in [0, 0.05) is 59.1 Å². The molecular formula is C15H25N5O3S. The number of hydrogen-bond donors (Lipinski definition) is 2. The first-order valence-electron chi connectivity index (χ1n) is 8.27. The molecule has 0 aliphatic carbocycles. The van der Waals surface area contributed by atoms with Crippen molar-refractivity contribution < 1.29 is 13.2 Å². The normalized spacial score (nSPS) is 23.5. The Morgan fingerprint density at radius 1 is 1.29 bits per heavy atom. The van der Waals surface area contributed by atoms with Crippen LogP contribution in [-0.4, -0.2) is 80.5 Å². The van der Waals surface area contributed by atoms with Gasteiger partial charge in [0.25, 0.3) is 5.91 Å². The molecule has 0 radical (unpaired) electrons. The lowest BCUT2D eigenvalue weighted by molar-refractivity contribution is 0.0955. The van der Waals surface area contributed by atoms with E-state index in [2.05, 4.69) is 15.5 Å². The summed E-state index contributed by atoms with van der Waals surface area (Å²) < 4.78 is 28.8. The first-order valence-corrected chi connectivity index (χ1v) is 9.71. The van der Waals surface area contributed by atoms with Crippen molar-refractivity contribution >= 4 is 15.9 Å². The van der Waals surface area contributed by atoms with Gasteiger partial charge in [0.2, 0.25) is 10.0 Å². The van der Waals surface area contributed by atoms with E-state index < -0.39 is 10.0 Å². The minimum atomic E-state index is -3.56. The minimum Gasteiger partial charge on any atom is -0.354 e. The van der Waals surface area contributed by atoms with Crippen LogP contribution in [0, 0.1) is 0 Å². The quantitative estimate of drug-likeness (QED) is 0.728. The van der Waals surface area contributed by atoms with Crippen LogP contribution in [0.5, 0.6) is 0 Å². The fourth-order valence-corrected chi connectivity index (χ4v) is 4.93. The Kier molecular flexibility index (Phi) is 4.95. The van der Waals surface area contributed by atoms with Crippen molar-refractivity contribution in [3.63, 3.8) is 0 Å². The van der Waals surface area contributed by atoms with E-state index in [1.165, 1.54) is 23.6 Å². The second-order valence-electron chi connectivity index (χ2n) is 6.34. The molecular weight excluding hydrogens is 330 g/mol. The monoisotopic (exact) mass is 355 g/mol. The number of hydrogen-bond acceptors (Lipinski definition) is 5. The highest BCUT2D eigenvalue weighted by Gasteiger charge is 2.33. The summed E-state index contributed by atoms with van der Waals surface area (Å²) in [5, 5.41) is 5.87. The van der Waals surface area contributed by atoms with Crippen molar-refractivity contribution in [3.8, 4) is 0 Å². The molecule has 2 N–H and O–H groups in total. The van der Waals surface area contributed by atoms with Crippen molar-refractivity contribution in [2.45, 2.75) is 17.4 Å². The zero-order chi connectivity index (χ0) is 17.3. The van der Waals surface area contributed by atoms with Crippen LogP contribution in [0.25, 0.3) is 0 Å². The van der Waals surface area contributed by atoms with Gasteiger partial charge in [0.1, 0.15) is 10.6 Å². The van der Waals surface area contributed by atoms with Gasteiger partial charge < -0.3 is 15.2 Å². The number of rotatable bonds is 4. The zero-order valence-electron chi connectivity index (χ0n) is 14.2. The van der Waals surface area contributed by atoms with E-state index in [4.69, 9.17) is 0 Å². The van der Waals surface area contributed by atoms with Crippen LogP contribution in [0.3, 0.4) is 0 Å². The van der Waals surface area contributed by atoms with Crippen molar-refractivity contribution in [1.29, 1.82) is 0 Å². The molecule has 1 atom stereocenters. The highest BCUT2D eigenvalue weighted by Crippen LogP contribution is 2.21. The van der Waals surface area contributed by atoms with Crippen LogP contribution in [0.4, 0.5) is 0 Å². The number of carbonyl (C=O) groups excluding carboxylic acids is 1. The third-order valence-corrected chi connectivity index (χ3v) is 6.77. The van der Waals surface area contributed by atoms with Gasteiger partial charge in [-0.15, -0.1) is 0 Å². The maximum atomic E-state index is 12.8. The standard InChI is InChI=1S/C15H25N5O3S/c1-16-15(21)14-9-13(11-18(14)2)24(22,23)20-7-5-19(6-8-20)12-3-4-17-10-12/h9,11-12,17H,3-8,10H2,1-2H3,(H,16,21). The fourth-order valence-electron chi connectivity index (χ4n) is 3.44. The van der Waals surface area contributed by atoms with E-state index in [1.54, 1.807) is 11.6 Å². The molecule has 2 fully saturated rings. The molecule has 24 heavy (non-hydrogen) atoms. The number of nitrogens with zero attached hydrogens (tertiary/aromatic N) is 3. The summed E-state index contributed by atoms with van der Waals surface area (Å²) in [7, 11) is -0.359. The number of aromatic nitrogens is 1. The van der Waals surface area contributed by atoms with Gasteiger partial charge in [-0.1, -0.05) is 0 Å². The van der Waals surface area contributed by atoms with Crippen LogP contribution in [0.2, 0.25) is 0 Å². The number of sulfonamides is 1. The third-order valence-electron chi connectivity index (χ3n) is 4.90. The molecule has 2 aliphatic heterocycles. The zero-order valence-corrected chi connectivity index (χ0v) is 15.0. The average molecular weight is 355 g/mol. The maximum Gasteiger partial charge on any atom is 0.267 e.